The Hall–Kier alpha value is -2.55. The van der Waals surface area contributed by atoms with Gasteiger partial charge in [0.15, 0.2) is 0 Å². The fraction of sp³-hybridized carbons (Fsp3) is 0.222. The van der Waals surface area contributed by atoms with E-state index in [1.807, 2.05) is 60.7 Å². The monoisotopic (exact) mass is 292 g/mol. The largest absolute Gasteiger partial charge is 0.378 e. The van der Waals surface area contributed by atoms with E-state index in [0.29, 0.717) is 0 Å². The van der Waals surface area contributed by atoms with Crippen LogP contribution in [0.2, 0.25) is 0 Å². The van der Waals surface area contributed by atoms with Gasteiger partial charge in [-0.2, -0.15) is 4.79 Å². The Balaban J connectivity index is 2.36. The van der Waals surface area contributed by atoms with Crippen molar-refractivity contribution in [3.05, 3.63) is 77.3 Å². The van der Waals surface area contributed by atoms with Crippen LogP contribution in [0.1, 0.15) is 25.0 Å². The molecule has 0 radical (unpaired) electrons. The highest BCUT2D eigenvalue weighted by molar-refractivity contribution is 6.45. The van der Waals surface area contributed by atoms with Gasteiger partial charge in [-0.1, -0.05) is 60.7 Å². The number of carbonyl (C=O) groups excluding carboxylic acids is 1. The molecule has 0 spiro atoms. The van der Waals surface area contributed by atoms with Crippen LogP contribution < -0.4 is 0 Å². The van der Waals surface area contributed by atoms with Gasteiger partial charge in [0.2, 0.25) is 5.60 Å². The van der Waals surface area contributed by atoms with Crippen molar-refractivity contribution >= 4 is 11.5 Å². The molecule has 22 heavy (non-hydrogen) atoms. The van der Waals surface area contributed by atoms with Crippen molar-refractivity contribution in [1.82, 2.24) is 0 Å². The second-order valence-corrected chi connectivity index (χ2v) is 5.80. The smallest absolute Gasteiger partial charge is 0.361 e. The molecule has 110 valence electrons. The minimum absolute atomic E-state index is 0.00917. The van der Waals surface area contributed by atoms with Crippen molar-refractivity contribution in [3.63, 3.8) is 0 Å². The van der Waals surface area contributed by atoms with Crippen LogP contribution in [-0.4, -0.2) is 21.9 Å². The number of rotatable bonds is 2. The summed E-state index contributed by atoms with van der Waals surface area (Å²) in [6.07, 6.45) is 0. The summed E-state index contributed by atoms with van der Waals surface area (Å²) in [5.74, 6) is -0.317. The van der Waals surface area contributed by atoms with Gasteiger partial charge in [-0.25, -0.2) is 0 Å². The number of ketones is 1. The van der Waals surface area contributed by atoms with Crippen LogP contribution in [0, 0.1) is 0 Å². The Labute approximate surface area is 129 Å². The Kier molecular flexibility index (Phi) is 3.28. The van der Waals surface area contributed by atoms with E-state index in [1.165, 1.54) is 0 Å². The van der Waals surface area contributed by atoms with E-state index >= 15 is 0 Å². The van der Waals surface area contributed by atoms with Gasteiger partial charge in [-0.05, 0) is 13.8 Å². The van der Waals surface area contributed by atoms with Crippen molar-refractivity contribution in [3.8, 4) is 0 Å². The Morgan fingerprint density at radius 2 is 1.36 bits per heavy atom. The average Bonchev–Trinajstić information content (AvgIpc) is 2.76. The number of ether oxygens (including phenoxy) is 1. The van der Waals surface area contributed by atoms with Gasteiger partial charge in [0.05, 0.1) is 0 Å². The predicted molar refractivity (Wildman–Crippen MR) is 82.5 cm³/mol. The number of hydrogen-bond acceptors (Lipinski definition) is 2. The van der Waals surface area contributed by atoms with E-state index in [0.717, 1.165) is 11.1 Å². The number of benzene rings is 2. The molecular weight excluding hydrogens is 276 g/mol. The van der Waals surface area contributed by atoms with E-state index in [-0.39, 0.29) is 11.5 Å². The van der Waals surface area contributed by atoms with Gasteiger partial charge in [-0.15, -0.1) is 0 Å². The molecule has 0 amide bonds. The van der Waals surface area contributed by atoms with Gasteiger partial charge < -0.3 is 10.3 Å². The van der Waals surface area contributed by atoms with Crippen molar-refractivity contribution in [2.75, 3.05) is 0 Å². The SMILES string of the molecule is CC1(C)OC(c2ccccc2)(c2ccccc2)C(=[N+]=[N-])C1=O. The maximum absolute atomic E-state index is 12.6. The molecule has 0 aromatic heterocycles. The second kappa shape index (κ2) is 5.02. The molecule has 4 nitrogen and oxygen atoms in total. The van der Waals surface area contributed by atoms with Gasteiger partial charge in [0.25, 0.3) is 5.78 Å². The number of nitrogens with zero attached hydrogens (tertiary/aromatic N) is 2. The van der Waals surface area contributed by atoms with Crippen LogP contribution >= 0.6 is 0 Å². The van der Waals surface area contributed by atoms with Crippen molar-refractivity contribution < 1.29 is 14.3 Å². The zero-order valence-electron chi connectivity index (χ0n) is 12.5. The molecule has 1 aliphatic heterocycles. The summed E-state index contributed by atoms with van der Waals surface area (Å²) in [6, 6.07) is 18.7. The highest BCUT2D eigenvalue weighted by Gasteiger charge is 2.64. The molecule has 4 heteroatoms. The van der Waals surface area contributed by atoms with Crippen LogP contribution in [0.3, 0.4) is 0 Å². The fourth-order valence-electron chi connectivity index (χ4n) is 2.94. The molecule has 3 rings (SSSR count). The third-order valence-electron chi connectivity index (χ3n) is 3.96. The lowest BCUT2D eigenvalue weighted by molar-refractivity contribution is -0.132. The van der Waals surface area contributed by atoms with Crippen LogP contribution in [0.15, 0.2) is 60.7 Å². The van der Waals surface area contributed by atoms with E-state index < -0.39 is 11.2 Å². The molecule has 0 atom stereocenters. The van der Waals surface area contributed by atoms with Crippen molar-refractivity contribution in [2.45, 2.75) is 25.0 Å². The first-order valence-electron chi connectivity index (χ1n) is 7.11. The molecule has 0 saturated carbocycles. The van der Waals surface area contributed by atoms with Gasteiger partial charge >= 0.3 is 5.71 Å². The van der Waals surface area contributed by atoms with Crippen LogP contribution in [-0.2, 0) is 15.1 Å². The quantitative estimate of drug-likeness (QED) is 0.631. The molecule has 2 aromatic carbocycles. The lowest BCUT2D eigenvalue weighted by atomic mass is 9.81. The van der Waals surface area contributed by atoms with E-state index in [9.17, 15) is 10.3 Å². The molecule has 1 saturated heterocycles. The standard InChI is InChI=1S/C18H16N2O2/c1-17(2)16(21)15(20-19)18(22-17,13-9-5-3-6-10-13)14-11-7-4-8-12-14/h3-12H,1-2H3. The lowest BCUT2D eigenvalue weighted by Gasteiger charge is -2.28. The van der Waals surface area contributed by atoms with E-state index in [4.69, 9.17) is 4.74 Å². The Morgan fingerprint density at radius 1 is 0.909 bits per heavy atom. The first-order valence-corrected chi connectivity index (χ1v) is 7.11. The molecule has 1 aliphatic rings. The third-order valence-corrected chi connectivity index (χ3v) is 3.96. The minimum atomic E-state index is -1.20. The Morgan fingerprint density at radius 3 is 1.77 bits per heavy atom. The van der Waals surface area contributed by atoms with Crippen LogP contribution in [0.4, 0.5) is 0 Å². The molecule has 2 aromatic rings. The summed E-state index contributed by atoms with van der Waals surface area (Å²) in [5.41, 5.74) is 8.78. The number of carbonyl (C=O) groups is 1. The molecule has 0 bridgehead atoms. The van der Waals surface area contributed by atoms with Gasteiger partial charge in [0, 0.05) is 11.1 Å². The third kappa shape index (κ3) is 1.93. The highest BCUT2D eigenvalue weighted by atomic mass is 16.5. The summed E-state index contributed by atoms with van der Waals surface area (Å²) in [6.45, 7) is 3.38. The van der Waals surface area contributed by atoms with Gasteiger partial charge in [0.1, 0.15) is 5.60 Å². The summed E-state index contributed by atoms with van der Waals surface area (Å²) in [5, 5.41) is 0. The summed E-state index contributed by atoms with van der Waals surface area (Å²) >= 11 is 0. The van der Waals surface area contributed by atoms with Gasteiger partial charge in [-0.3, -0.25) is 4.79 Å². The fourth-order valence-corrected chi connectivity index (χ4v) is 2.94. The molecule has 0 N–H and O–H groups in total. The average molecular weight is 292 g/mol. The normalized spacial score (nSPS) is 19.0. The summed E-state index contributed by atoms with van der Waals surface area (Å²) < 4.78 is 6.18. The second-order valence-electron chi connectivity index (χ2n) is 5.80. The highest BCUT2D eigenvalue weighted by Crippen LogP contribution is 2.44. The molecule has 1 heterocycles. The first-order chi connectivity index (χ1) is 10.5. The summed E-state index contributed by atoms with van der Waals surface area (Å²) in [4.78, 5) is 15.9. The maximum Gasteiger partial charge on any atom is 0.378 e. The zero-order valence-corrected chi connectivity index (χ0v) is 12.5. The minimum Gasteiger partial charge on any atom is -0.361 e. The van der Waals surface area contributed by atoms with Crippen molar-refractivity contribution in [2.24, 2.45) is 0 Å². The maximum atomic E-state index is 12.6. The van der Waals surface area contributed by atoms with Crippen LogP contribution in [0.5, 0.6) is 0 Å². The number of hydrogen-bond donors (Lipinski definition) is 0. The molecule has 0 unspecified atom stereocenters. The molecule has 1 fully saturated rings. The van der Waals surface area contributed by atoms with Crippen molar-refractivity contribution in [1.29, 1.82) is 0 Å². The predicted octanol–water partition coefficient (Wildman–Crippen LogP) is 2.98. The Bertz CT molecular complexity index is 721. The number of Topliss-reactive ketones (excluding diaryl/α,β-unsaturated/α-hetero) is 1. The summed E-state index contributed by atoms with van der Waals surface area (Å²) in [7, 11) is 0. The van der Waals surface area contributed by atoms with Crippen LogP contribution in [0.25, 0.3) is 5.53 Å². The lowest BCUT2D eigenvalue weighted by Crippen LogP contribution is -2.37. The molecular formula is C18H16N2O2. The van der Waals surface area contributed by atoms with E-state index in [2.05, 4.69) is 4.79 Å². The van der Waals surface area contributed by atoms with E-state index in [1.54, 1.807) is 13.8 Å². The topological polar surface area (TPSA) is 62.7 Å². The zero-order chi connectivity index (χ0) is 15.8. The first kappa shape index (κ1) is 14.4. The molecule has 0 aliphatic carbocycles.